The van der Waals surface area contributed by atoms with Gasteiger partial charge in [-0.3, -0.25) is 14.8 Å². The van der Waals surface area contributed by atoms with Gasteiger partial charge in [0.25, 0.3) is 0 Å². The van der Waals surface area contributed by atoms with Crippen molar-refractivity contribution in [3.63, 3.8) is 0 Å². The molecule has 232 valence electrons. The van der Waals surface area contributed by atoms with E-state index in [2.05, 4.69) is 69.7 Å². The molecule has 1 aliphatic rings. The van der Waals surface area contributed by atoms with E-state index in [1.165, 1.54) is 0 Å². The van der Waals surface area contributed by atoms with Crippen molar-refractivity contribution in [2.45, 2.75) is 66.0 Å². The van der Waals surface area contributed by atoms with Crippen LogP contribution < -0.4 is 14.9 Å². The van der Waals surface area contributed by atoms with Crippen LogP contribution in [0.5, 0.6) is 11.5 Å². The van der Waals surface area contributed by atoms with Gasteiger partial charge in [0, 0.05) is 42.8 Å². The molecule has 1 aromatic heterocycles. The monoisotopic (exact) mass is 624 g/mol. The van der Waals surface area contributed by atoms with Crippen LogP contribution in [0.3, 0.4) is 0 Å². The summed E-state index contributed by atoms with van der Waals surface area (Å²) in [6.45, 7) is 12.9. The number of halogens is 1. The van der Waals surface area contributed by atoms with Gasteiger partial charge in [0.15, 0.2) is 6.29 Å². The number of hydrogen-bond donors (Lipinski definition) is 0. The number of hydrogen-bond acceptors (Lipinski definition) is 7. The number of aromatic nitrogens is 1. The number of rotatable bonds is 10. The Kier molecular flexibility index (Phi) is 9.49. The summed E-state index contributed by atoms with van der Waals surface area (Å²) in [6, 6.07) is 17.6. The predicted molar refractivity (Wildman–Crippen MR) is 180 cm³/mol. The molecule has 9 heteroatoms. The highest BCUT2D eigenvalue weighted by molar-refractivity contribution is 6.62. The zero-order chi connectivity index (χ0) is 32.4. The minimum atomic E-state index is -0.444. The third-order valence-corrected chi connectivity index (χ3v) is 8.98. The summed E-state index contributed by atoms with van der Waals surface area (Å²) >= 11 is 6.54. The zero-order valence-corrected chi connectivity index (χ0v) is 27.6. The van der Waals surface area contributed by atoms with Gasteiger partial charge < -0.3 is 18.8 Å². The van der Waals surface area contributed by atoms with Crippen molar-refractivity contribution in [3.8, 4) is 22.6 Å². The van der Waals surface area contributed by atoms with Gasteiger partial charge in [-0.15, -0.1) is 0 Å². The van der Waals surface area contributed by atoms with E-state index < -0.39 is 18.3 Å². The number of nitrogens with zero attached hydrogens (tertiary/aromatic N) is 2. The second kappa shape index (κ2) is 13.2. The average Bonchev–Trinajstić information content (AvgIpc) is 3.22. The summed E-state index contributed by atoms with van der Waals surface area (Å²) in [7, 11) is 1.26. The molecule has 0 saturated carbocycles. The maximum Gasteiger partial charge on any atom is 0.495 e. The van der Waals surface area contributed by atoms with Crippen LogP contribution in [0.1, 0.15) is 65.9 Å². The number of ether oxygens (including phenoxy) is 2. The summed E-state index contributed by atoms with van der Waals surface area (Å²) in [6.07, 6.45) is 5.87. The van der Waals surface area contributed by atoms with E-state index in [4.69, 9.17) is 30.4 Å². The van der Waals surface area contributed by atoms with Crippen LogP contribution in [0, 0.1) is 13.8 Å². The second-order valence-corrected chi connectivity index (χ2v) is 12.6. The molecule has 0 bridgehead atoms. The summed E-state index contributed by atoms with van der Waals surface area (Å²) in [5, 5.41) is 0.326. The Morgan fingerprint density at radius 3 is 2.24 bits per heavy atom. The molecule has 5 rings (SSSR count). The van der Waals surface area contributed by atoms with E-state index in [9.17, 15) is 4.79 Å². The Morgan fingerprint density at radius 1 is 0.889 bits per heavy atom. The summed E-state index contributed by atoms with van der Waals surface area (Å²) in [4.78, 5) is 20.1. The lowest BCUT2D eigenvalue weighted by Crippen LogP contribution is -2.41. The fourth-order valence-corrected chi connectivity index (χ4v) is 5.53. The first-order valence-corrected chi connectivity index (χ1v) is 15.3. The highest BCUT2D eigenvalue weighted by Crippen LogP contribution is 2.38. The molecule has 0 N–H and O–H groups in total. The first-order chi connectivity index (χ1) is 21.4. The Morgan fingerprint density at radius 2 is 1.56 bits per heavy atom. The van der Waals surface area contributed by atoms with Gasteiger partial charge in [-0.05, 0) is 87.0 Å². The molecule has 0 radical (unpaired) electrons. The number of pyridine rings is 1. The molecule has 3 aromatic carbocycles. The molecule has 1 aliphatic heterocycles. The standard InChI is InChI=1S/C36H38BClN2O5/c1-23-27(10-8-11-29(23)30-12-9-13-31(24(30)2)37-44-35(3,4)36(5,6)45-37)22-43-34-16-33(28(20-41)15-32(34)38)42-21-26-14-25(17-39-7)18-40-19-26/h8-20H,21-22H2,1-7H3/b39-17+. The van der Waals surface area contributed by atoms with Crippen molar-refractivity contribution < 1.29 is 23.6 Å². The Balaban J connectivity index is 1.36. The molecular formula is C36H38BClN2O5. The van der Waals surface area contributed by atoms with Crippen molar-refractivity contribution in [3.05, 3.63) is 105 Å². The van der Waals surface area contributed by atoms with Gasteiger partial charge in [0.1, 0.15) is 24.7 Å². The van der Waals surface area contributed by atoms with Crippen molar-refractivity contribution in [1.29, 1.82) is 0 Å². The van der Waals surface area contributed by atoms with Gasteiger partial charge in [0.2, 0.25) is 0 Å². The minimum Gasteiger partial charge on any atom is -0.488 e. The molecule has 45 heavy (non-hydrogen) atoms. The van der Waals surface area contributed by atoms with Gasteiger partial charge in [0.05, 0.1) is 21.8 Å². The molecule has 2 heterocycles. The highest BCUT2D eigenvalue weighted by Gasteiger charge is 2.52. The van der Waals surface area contributed by atoms with Crippen LogP contribution in [0.2, 0.25) is 5.02 Å². The summed E-state index contributed by atoms with van der Waals surface area (Å²) < 4.78 is 25.0. The number of carbonyl (C=O) groups excluding carboxylic acids is 1. The van der Waals surface area contributed by atoms with E-state index in [-0.39, 0.29) is 13.2 Å². The highest BCUT2D eigenvalue weighted by atomic mass is 35.5. The smallest absolute Gasteiger partial charge is 0.488 e. The summed E-state index contributed by atoms with van der Waals surface area (Å²) in [5.41, 5.74) is 7.62. The van der Waals surface area contributed by atoms with Crippen molar-refractivity contribution in [1.82, 2.24) is 4.98 Å². The van der Waals surface area contributed by atoms with Gasteiger partial charge >= 0.3 is 7.12 Å². The number of carbonyl (C=O) groups is 1. The van der Waals surface area contributed by atoms with Crippen molar-refractivity contribution >= 4 is 36.7 Å². The van der Waals surface area contributed by atoms with E-state index in [0.29, 0.717) is 22.1 Å². The molecule has 7 nitrogen and oxygen atoms in total. The van der Waals surface area contributed by atoms with Crippen LogP contribution in [-0.2, 0) is 22.5 Å². The normalized spacial score (nSPS) is 15.4. The lowest BCUT2D eigenvalue weighted by atomic mass is 9.74. The third kappa shape index (κ3) is 6.83. The average molecular weight is 625 g/mol. The van der Waals surface area contributed by atoms with E-state index in [1.54, 1.807) is 37.8 Å². The van der Waals surface area contributed by atoms with Crippen molar-refractivity contribution in [2.24, 2.45) is 4.99 Å². The lowest BCUT2D eigenvalue weighted by Gasteiger charge is -2.32. The Hall–Kier alpha value is -3.98. The maximum absolute atomic E-state index is 11.8. The number of aldehydes is 1. The van der Waals surface area contributed by atoms with Crippen molar-refractivity contribution in [2.75, 3.05) is 7.05 Å². The predicted octanol–water partition coefficient (Wildman–Crippen LogP) is 7.34. The fraction of sp³-hybridized carbons (Fsp3) is 0.306. The fourth-order valence-electron chi connectivity index (χ4n) is 5.30. The quantitative estimate of drug-likeness (QED) is 0.104. The van der Waals surface area contributed by atoms with E-state index in [1.807, 2.05) is 24.3 Å². The van der Waals surface area contributed by atoms with Crippen LogP contribution in [0.15, 0.2) is 72.0 Å². The van der Waals surface area contributed by atoms with Gasteiger partial charge in [-0.25, -0.2) is 0 Å². The molecule has 0 amide bonds. The molecule has 4 aromatic rings. The second-order valence-electron chi connectivity index (χ2n) is 12.2. The number of benzene rings is 3. The SMILES string of the molecule is C/N=C/c1cncc(COc2cc(OCc3cccc(-c4cccc(B5OC(C)(C)C(C)(C)O5)c4C)c3C)c(Cl)cc2C=O)c1. The first kappa shape index (κ1) is 32.4. The Labute approximate surface area is 270 Å². The zero-order valence-electron chi connectivity index (χ0n) is 26.8. The van der Waals surface area contributed by atoms with Crippen LogP contribution in [0.4, 0.5) is 0 Å². The van der Waals surface area contributed by atoms with Crippen LogP contribution in [-0.4, -0.2) is 42.9 Å². The largest absolute Gasteiger partial charge is 0.495 e. The molecule has 1 saturated heterocycles. The van der Waals surface area contributed by atoms with Crippen LogP contribution >= 0.6 is 11.6 Å². The van der Waals surface area contributed by atoms with E-state index in [0.717, 1.165) is 50.7 Å². The molecule has 1 fully saturated rings. The topological polar surface area (TPSA) is 79.2 Å². The van der Waals surface area contributed by atoms with Crippen LogP contribution in [0.25, 0.3) is 11.1 Å². The minimum absolute atomic E-state index is 0.214. The number of aliphatic imine (C=N–C) groups is 1. The van der Waals surface area contributed by atoms with Gasteiger partial charge in [-0.1, -0.05) is 48.0 Å². The Bertz CT molecular complexity index is 1740. The van der Waals surface area contributed by atoms with E-state index >= 15 is 0 Å². The first-order valence-electron chi connectivity index (χ1n) is 14.9. The maximum atomic E-state index is 11.8. The third-order valence-electron chi connectivity index (χ3n) is 8.68. The molecule has 0 spiro atoms. The molecule has 0 aliphatic carbocycles. The van der Waals surface area contributed by atoms with Gasteiger partial charge in [-0.2, -0.15) is 0 Å². The molecule has 0 atom stereocenters. The molecular weight excluding hydrogens is 587 g/mol. The molecule has 0 unspecified atom stereocenters. The summed E-state index contributed by atoms with van der Waals surface area (Å²) in [5.74, 6) is 0.797. The lowest BCUT2D eigenvalue weighted by molar-refractivity contribution is 0.00578.